The Balaban J connectivity index is 1.28. The molecule has 0 saturated heterocycles. The van der Waals surface area contributed by atoms with E-state index in [1.54, 1.807) is 24.3 Å². The number of hydrogen-bond donors (Lipinski definition) is 1. The molecule has 9 heteroatoms. The van der Waals surface area contributed by atoms with Gasteiger partial charge in [0, 0.05) is 0 Å². The van der Waals surface area contributed by atoms with E-state index in [1.165, 1.54) is 23.5 Å². The highest BCUT2D eigenvalue weighted by Crippen LogP contribution is 2.38. The summed E-state index contributed by atoms with van der Waals surface area (Å²) in [5.41, 5.74) is 1.27. The molecule has 1 N–H and O–H groups in total. The van der Waals surface area contributed by atoms with Crippen molar-refractivity contribution in [3.8, 4) is 17.2 Å². The number of carbonyl (C=O) groups excluding carboxylic acids is 1. The van der Waals surface area contributed by atoms with E-state index in [9.17, 15) is 13.2 Å². The Kier molecular flexibility index (Phi) is 7.11. The average Bonchev–Trinajstić information content (AvgIpc) is 2.94. The first-order valence-corrected chi connectivity index (χ1v) is 13.6. The minimum atomic E-state index is -3.97. The molecule has 1 aliphatic heterocycles. The Morgan fingerprint density at radius 2 is 1.71 bits per heavy atom. The highest BCUT2D eigenvalue weighted by molar-refractivity contribution is 7.92. The van der Waals surface area contributed by atoms with Crippen molar-refractivity contribution in [3.63, 3.8) is 0 Å². The zero-order valence-corrected chi connectivity index (χ0v) is 21.9. The molecule has 0 fully saturated rings. The van der Waals surface area contributed by atoms with Crippen molar-refractivity contribution < 1.29 is 27.4 Å². The predicted molar refractivity (Wildman–Crippen MR) is 146 cm³/mol. The van der Waals surface area contributed by atoms with E-state index in [1.807, 2.05) is 55.5 Å². The second-order valence-electron chi connectivity index (χ2n) is 8.94. The Hall–Kier alpha value is -4.24. The molecule has 1 heterocycles. The third kappa shape index (κ3) is 5.24. The quantitative estimate of drug-likeness (QED) is 0.340. The topological polar surface area (TPSA) is 94.2 Å². The predicted octanol–water partition coefficient (Wildman–Crippen LogP) is 4.31. The van der Waals surface area contributed by atoms with Gasteiger partial charge in [-0.05, 0) is 71.8 Å². The van der Waals surface area contributed by atoms with Crippen molar-refractivity contribution in [2.45, 2.75) is 17.9 Å². The number of benzene rings is 4. The molecule has 1 aliphatic rings. The van der Waals surface area contributed by atoms with E-state index in [0.717, 1.165) is 16.3 Å². The number of sulfonamides is 1. The number of methoxy groups -OCH3 is 1. The molecule has 0 spiro atoms. The van der Waals surface area contributed by atoms with Crippen LogP contribution in [-0.2, 0) is 14.8 Å². The number of hydrogen-bond acceptors (Lipinski definition) is 6. The van der Waals surface area contributed by atoms with Gasteiger partial charge in [0.1, 0.15) is 23.9 Å². The normalized spacial score (nSPS) is 14.9. The van der Waals surface area contributed by atoms with E-state index < -0.39 is 22.0 Å². The minimum Gasteiger partial charge on any atom is -0.497 e. The van der Waals surface area contributed by atoms with Crippen molar-refractivity contribution in [1.82, 2.24) is 5.32 Å². The Morgan fingerprint density at radius 1 is 0.974 bits per heavy atom. The van der Waals surface area contributed by atoms with Crippen LogP contribution in [0.1, 0.15) is 5.56 Å². The number of carbonyl (C=O) groups is 1. The first-order chi connectivity index (χ1) is 18.3. The molecular weight excluding hydrogens is 504 g/mol. The van der Waals surface area contributed by atoms with Crippen LogP contribution in [0.15, 0.2) is 89.8 Å². The molecule has 1 amide bonds. The molecule has 8 nitrogen and oxygen atoms in total. The van der Waals surface area contributed by atoms with Crippen molar-refractivity contribution in [2.24, 2.45) is 0 Å². The van der Waals surface area contributed by atoms with Crippen LogP contribution in [0.3, 0.4) is 0 Å². The lowest BCUT2D eigenvalue weighted by molar-refractivity contribution is -0.127. The van der Waals surface area contributed by atoms with Crippen LogP contribution < -0.4 is 23.8 Å². The van der Waals surface area contributed by atoms with E-state index in [4.69, 9.17) is 14.2 Å². The Bertz CT molecular complexity index is 1570. The summed E-state index contributed by atoms with van der Waals surface area (Å²) < 4.78 is 45.3. The van der Waals surface area contributed by atoms with Crippen LogP contribution in [0.4, 0.5) is 5.69 Å². The van der Waals surface area contributed by atoms with Crippen molar-refractivity contribution in [2.75, 3.05) is 31.1 Å². The molecule has 0 radical (unpaired) electrons. The molecule has 1 atom stereocenters. The summed E-state index contributed by atoms with van der Waals surface area (Å²) in [5, 5.41) is 4.99. The van der Waals surface area contributed by atoms with Gasteiger partial charge in [0.2, 0.25) is 0 Å². The SMILES string of the molecule is COc1ccc(S(=O)(=O)N2CC(C(=O)NCCOc3ccc4ccccc4c3)Oc3cc(C)ccc32)cc1. The first-order valence-electron chi connectivity index (χ1n) is 12.2. The van der Waals surface area contributed by atoms with Gasteiger partial charge in [-0.3, -0.25) is 9.10 Å². The second-order valence-corrected chi connectivity index (χ2v) is 10.8. The van der Waals surface area contributed by atoms with Crippen LogP contribution in [-0.4, -0.2) is 47.2 Å². The van der Waals surface area contributed by atoms with Crippen molar-refractivity contribution in [3.05, 3.63) is 90.5 Å². The number of anilines is 1. The van der Waals surface area contributed by atoms with Gasteiger partial charge >= 0.3 is 0 Å². The molecule has 4 aromatic carbocycles. The summed E-state index contributed by atoms with van der Waals surface area (Å²) >= 11 is 0. The fourth-order valence-electron chi connectivity index (χ4n) is 4.31. The Morgan fingerprint density at radius 3 is 2.47 bits per heavy atom. The third-order valence-corrected chi connectivity index (χ3v) is 8.11. The maximum atomic E-state index is 13.6. The van der Waals surface area contributed by atoms with Gasteiger partial charge < -0.3 is 19.5 Å². The molecular formula is C29H28N2O6S. The van der Waals surface area contributed by atoms with E-state index in [2.05, 4.69) is 5.32 Å². The maximum absolute atomic E-state index is 13.6. The number of aryl methyl sites for hydroxylation is 1. The number of nitrogens with zero attached hydrogens (tertiary/aromatic N) is 1. The van der Waals surface area contributed by atoms with Gasteiger partial charge in [-0.2, -0.15) is 0 Å². The van der Waals surface area contributed by atoms with Gasteiger partial charge in [-0.1, -0.05) is 36.4 Å². The number of amides is 1. The summed E-state index contributed by atoms with van der Waals surface area (Å²) in [4.78, 5) is 13.1. The van der Waals surface area contributed by atoms with Crippen molar-refractivity contribution >= 4 is 32.4 Å². The molecule has 0 aromatic heterocycles. The lowest BCUT2D eigenvalue weighted by Gasteiger charge is -2.35. The fraction of sp³-hybridized carbons (Fsp3) is 0.207. The van der Waals surface area contributed by atoms with E-state index in [0.29, 0.717) is 22.9 Å². The zero-order valence-electron chi connectivity index (χ0n) is 21.1. The highest BCUT2D eigenvalue weighted by Gasteiger charge is 2.37. The summed E-state index contributed by atoms with van der Waals surface area (Å²) in [6.45, 7) is 2.19. The van der Waals surface area contributed by atoms with Crippen LogP contribution in [0, 0.1) is 6.92 Å². The molecule has 0 aliphatic carbocycles. The van der Waals surface area contributed by atoms with Gasteiger partial charge in [-0.15, -0.1) is 0 Å². The molecule has 4 aromatic rings. The zero-order chi connectivity index (χ0) is 26.7. The van der Waals surface area contributed by atoms with Crippen LogP contribution in [0.25, 0.3) is 10.8 Å². The number of ether oxygens (including phenoxy) is 3. The number of fused-ring (bicyclic) bond motifs is 2. The highest BCUT2D eigenvalue weighted by atomic mass is 32.2. The lowest BCUT2D eigenvalue weighted by atomic mass is 10.1. The molecule has 0 bridgehead atoms. The molecule has 0 saturated carbocycles. The standard InChI is InChI=1S/C29H28N2O6S/c1-20-7-14-26-27(17-20)37-28(19-31(26)38(33,34)25-12-10-23(35-2)11-13-25)29(32)30-15-16-36-24-9-8-21-5-3-4-6-22(21)18-24/h3-14,17-18,28H,15-16,19H2,1-2H3,(H,30,32). The maximum Gasteiger partial charge on any atom is 0.264 e. The Labute approximate surface area is 221 Å². The van der Waals surface area contributed by atoms with E-state index in [-0.39, 0.29) is 24.6 Å². The van der Waals surface area contributed by atoms with Crippen LogP contribution in [0.5, 0.6) is 17.2 Å². The average molecular weight is 533 g/mol. The van der Waals surface area contributed by atoms with E-state index >= 15 is 0 Å². The smallest absolute Gasteiger partial charge is 0.264 e. The van der Waals surface area contributed by atoms with Crippen molar-refractivity contribution in [1.29, 1.82) is 0 Å². The van der Waals surface area contributed by atoms with Gasteiger partial charge in [-0.25, -0.2) is 8.42 Å². The van der Waals surface area contributed by atoms with Gasteiger partial charge in [0.15, 0.2) is 6.10 Å². The summed E-state index contributed by atoms with van der Waals surface area (Å²) in [5.74, 6) is 1.16. The summed E-state index contributed by atoms with van der Waals surface area (Å²) in [7, 11) is -2.45. The monoisotopic (exact) mass is 532 g/mol. The molecule has 38 heavy (non-hydrogen) atoms. The van der Waals surface area contributed by atoms with Crippen LogP contribution >= 0.6 is 0 Å². The molecule has 5 rings (SSSR count). The van der Waals surface area contributed by atoms with Gasteiger partial charge in [0.05, 0.1) is 30.8 Å². The third-order valence-electron chi connectivity index (χ3n) is 6.32. The number of rotatable bonds is 8. The second kappa shape index (κ2) is 10.6. The molecule has 196 valence electrons. The molecule has 1 unspecified atom stereocenters. The minimum absolute atomic E-state index is 0.0923. The summed E-state index contributed by atoms with van der Waals surface area (Å²) in [6, 6.07) is 25.2. The largest absolute Gasteiger partial charge is 0.497 e. The summed E-state index contributed by atoms with van der Waals surface area (Å²) in [6.07, 6.45) is -1.03. The lowest BCUT2D eigenvalue weighted by Crippen LogP contribution is -2.51. The van der Waals surface area contributed by atoms with Gasteiger partial charge in [0.25, 0.3) is 15.9 Å². The first kappa shape index (κ1) is 25.4. The fourth-order valence-corrected chi connectivity index (χ4v) is 5.79. The van der Waals surface area contributed by atoms with Crippen LogP contribution in [0.2, 0.25) is 0 Å². The number of nitrogens with one attached hydrogen (secondary N) is 1.